The zero-order valence-corrected chi connectivity index (χ0v) is 18.0. The third-order valence-corrected chi connectivity index (χ3v) is 5.72. The Morgan fingerprint density at radius 2 is 1.97 bits per heavy atom. The van der Waals surface area contributed by atoms with E-state index in [1.165, 1.54) is 15.9 Å². The largest absolute Gasteiger partial charge is 0.493 e. The average molecular weight is 440 g/mol. The summed E-state index contributed by atoms with van der Waals surface area (Å²) < 4.78 is 22.7. The number of methoxy groups -OCH3 is 2. The highest BCUT2D eigenvalue weighted by Gasteiger charge is 2.23. The van der Waals surface area contributed by atoms with Crippen molar-refractivity contribution in [2.45, 2.75) is 19.6 Å². The maximum atomic E-state index is 12.6. The van der Waals surface area contributed by atoms with E-state index in [1.807, 2.05) is 23.6 Å². The van der Waals surface area contributed by atoms with Crippen LogP contribution in [0.1, 0.15) is 18.7 Å². The quantitative estimate of drug-likeness (QED) is 0.401. The minimum atomic E-state index is -0.840. The summed E-state index contributed by atoms with van der Waals surface area (Å²) in [5, 5.41) is 2.53. The normalized spacial score (nSPS) is 12.0. The number of fused-ring (bicyclic) bond motifs is 1. The van der Waals surface area contributed by atoms with E-state index < -0.39 is 17.8 Å². The molecule has 4 rings (SSSR count). The van der Waals surface area contributed by atoms with Gasteiger partial charge in [-0.3, -0.25) is 4.57 Å². The molecule has 9 heteroatoms. The number of oxazole rings is 1. The molecule has 0 unspecified atom stereocenters. The average Bonchev–Trinajstić information content (AvgIpc) is 3.39. The first-order chi connectivity index (χ1) is 15.0. The molecular formula is C22H20N2O6S. The van der Waals surface area contributed by atoms with Crippen molar-refractivity contribution < 1.29 is 23.4 Å². The number of aromatic nitrogens is 2. The lowest BCUT2D eigenvalue weighted by Gasteiger charge is -2.12. The molecule has 2 heterocycles. The summed E-state index contributed by atoms with van der Waals surface area (Å²) >= 11 is 1.41. The van der Waals surface area contributed by atoms with Gasteiger partial charge in [0.2, 0.25) is 0 Å². The zero-order chi connectivity index (χ0) is 22.0. The fourth-order valence-electron chi connectivity index (χ4n) is 3.27. The second kappa shape index (κ2) is 8.65. The minimum Gasteiger partial charge on any atom is -0.493 e. The van der Waals surface area contributed by atoms with E-state index in [-0.39, 0.29) is 6.61 Å². The molecule has 0 spiro atoms. The zero-order valence-electron chi connectivity index (χ0n) is 17.2. The van der Waals surface area contributed by atoms with Gasteiger partial charge in [-0.05, 0) is 31.2 Å². The maximum Gasteiger partial charge on any atom is 0.420 e. The third-order valence-electron chi connectivity index (χ3n) is 4.79. The van der Waals surface area contributed by atoms with E-state index in [4.69, 9.17) is 18.6 Å². The summed E-state index contributed by atoms with van der Waals surface area (Å²) in [6.45, 7) is 1.58. The van der Waals surface area contributed by atoms with Crippen LogP contribution in [0.4, 0.5) is 0 Å². The first kappa shape index (κ1) is 20.7. The van der Waals surface area contributed by atoms with Crippen LogP contribution in [-0.2, 0) is 16.1 Å². The van der Waals surface area contributed by atoms with Crippen LogP contribution in [0, 0.1) is 0 Å². The number of rotatable bonds is 7. The second-order valence-corrected chi connectivity index (χ2v) is 7.53. The van der Waals surface area contributed by atoms with Gasteiger partial charge in [0.25, 0.3) is 0 Å². The highest BCUT2D eigenvalue weighted by atomic mass is 32.1. The van der Waals surface area contributed by atoms with Gasteiger partial charge in [-0.1, -0.05) is 18.2 Å². The van der Waals surface area contributed by atoms with Crippen molar-refractivity contribution in [3.63, 3.8) is 0 Å². The molecule has 31 heavy (non-hydrogen) atoms. The van der Waals surface area contributed by atoms with Gasteiger partial charge in [-0.25, -0.2) is 14.6 Å². The molecule has 0 fully saturated rings. The molecule has 2 aromatic heterocycles. The summed E-state index contributed by atoms with van der Waals surface area (Å²) in [6.07, 6.45) is 0. The van der Waals surface area contributed by atoms with E-state index in [0.717, 1.165) is 5.56 Å². The van der Waals surface area contributed by atoms with Crippen LogP contribution >= 0.6 is 11.3 Å². The lowest BCUT2D eigenvalue weighted by atomic mass is 10.2. The van der Waals surface area contributed by atoms with E-state index in [1.54, 1.807) is 45.4 Å². The number of thiazole rings is 1. The Morgan fingerprint density at radius 1 is 1.16 bits per heavy atom. The lowest BCUT2D eigenvalue weighted by molar-refractivity contribution is -0.148. The number of ether oxygens (including phenoxy) is 3. The standard InChI is InChI=1S/C22H20N2O6S/c1-13(24-16-8-4-5-9-17(16)30-22(24)26)21(25)29-11-14-12-31-20(23-14)15-7-6-10-18(27-2)19(15)28-3/h4-10,12-13H,11H2,1-3H3/t13-/m0/s1. The third kappa shape index (κ3) is 3.91. The Morgan fingerprint density at radius 3 is 2.74 bits per heavy atom. The monoisotopic (exact) mass is 440 g/mol. The van der Waals surface area contributed by atoms with Crippen LogP contribution in [0.5, 0.6) is 11.5 Å². The lowest BCUT2D eigenvalue weighted by Crippen LogP contribution is -2.26. The first-order valence-corrected chi connectivity index (χ1v) is 10.3. The van der Waals surface area contributed by atoms with Crippen molar-refractivity contribution in [2.24, 2.45) is 0 Å². The van der Waals surface area contributed by atoms with Crippen molar-refractivity contribution in [3.05, 3.63) is 64.1 Å². The molecular weight excluding hydrogens is 420 g/mol. The van der Waals surface area contributed by atoms with Gasteiger partial charge in [0.1, 0.15) is 17.7 Å². The number of hydrogen-bond donors (Lipinski definition) is 0. The van der Waals surface area contributed by atoms with E-state index in [9.17, 15) is 9.59 Å². The molecule has 0 aliphatic heterocycles. The minimum absolute atomic E-state index is 0.0174. The number of para-hydroxylation sites is 3. The molecule has 4 aromatic rings. The van der Waals surface area contributed by atoms with Crippen molar-refractivity contribution in [1.82, 2.24) is 9.55 Å². The number of esters is 1. The van der Waals surface area contributed by atoms with Gasteiger partial charge in [-0.15, -0.1) is 11.3 Å². The molecule has 0 saturated heterocycles. The van der Waals surface area contributed by atoms with Crippen molar-refractivity contribution in [2.75, 3.05) is 14.2 Å². The van der Waals surface area contributed by atoms with E-state index in [2.05, 4.69) is 4.98 Å². The molecule has 0 radical (unpaired) electrons. The smallest absolute Gasteiger partial charge is 0.420 e. The van der Waals surface area contributed by atoms with Gasteiger partial charge in [-0.2, -0.15) is 0 Å². The summed E-state index contributed by atoms with van der Waals surface area (Å²) in [7, 11) is 3.14. The SMILES string of the molecule is COc1cccc(-c2nc(COC(=O)[C@H](C)n3c(=O)oc4ccccc43)cs2)c1OC. The Labute approximate surface area is 181 Å². The van der Waals surface area contributed by atoms with Crippen LogP contribution in [0.25, 0.3) is 21.7 Å². The van der Waals surface area contributed by atoms with Gasteiger partial charge < -0.3 is 18.6 Å². The van der Waals surface area contributed by atoms with Crippen LogP contribution in [0.2, 0.25) is 0 Å². The Bertz CT molecular complexity index is 1290. The summed E-state index contributed by atoms with van der Waals surface area (Å²) in [6, 6.07) is 11.6. The second-order valence-electron chi connectivity index (χ2n) is 6.67. The Balaban J connectivity index is 1.49. The molecule has 0 aliphatic carbocycles. The van der Waals surface area contributed by atoms with Gasteiger partial charge in [0.15, 0.2) is 17.1 Å². The number of benzene rings is 2. The van der Waals surface area contributed by atoms with Gasteiger partial charge in [0, 0.05) is 5.38 Å². The van der Waals surface area contributed by atoms with Crippen LogP contribution in [0.15, 0.2) is 57.1 Å². The van der Waals surface area contributed by atoms with E-state index >= 15 is 0 Å². The van der Waals surface area contributed by atoms with Crippen molar-refractivity contribution >= 4 is 28.4 Å². The van der Waals surface area contributed by atoms with Crippen molar-refractivity contribution in [1.29, 1.82) is 0 Å². The van der Waals surface area contributed by atoms with Gasteiger partial charge >= 0.3 is 11.7 Å². The van der Waals surface area contributed by atoms with Crippen LogP contribution in [-0.4, -0.2) is 29.7 Å². The molecule has 160 valence electrons. The molecule has 0 aliphatic rings. The molecule has 0 N–H and O–H groups in total. The molecule has 0 amide bonds. The topological polar surface area (TPSA) is 92.8 Å². The van der Waals surface area contributed by atoms with Crippen LogP contribution in [0.3, 0.4) is 0 Å². The summed E-state index contributed by atoms with van der Waals surface area (Å²) in [5.74, 6) is 0.0337. The number of carbonyl (C=O) groups is 1. The fourth-order valence-corrected chi connectivity index (χ4v) is 4.10. The highest BCUT2D eigenvalue weighted by molar-refractivity contribution is 7.13. The number of hydrogen-bond acceptors (Lipinski definition) is 8. The maximum absolute atomic E-state index is 12.6. The van der Waals surface area contributed by atoms with Gasteiger partial charge in [0.05, 0.1) is 31.0 Å². The summed E-state index contributed by atoms with van der Waals surface area (Å²) in [5.41, 5.74) is 2.34. The predicted octanol–water partition coefficient (Wildman–Crippen LogP) is 4.04. The van der Waals surface area contributed by atoms with Crippen LogP contribution < -0.4 is 15.2 Å². The number of nitrogens with zero attached hydrogens (tertiary/aromatic N) is 2. The summed E-state index contributed by atoms with van der Waals surface area (Å²) in [4.78, 5) is 29.3. The highest BCUT2D eigenvalue weighted by Crippen LogP contribution is 2.39. The Kier molecular flexibility index (Phi) is 5.77. The molecule has 1 atom stereocenters. The molecule has 0 saturated carbocycles. The predicted molar refractivity (Wildman–Crippen MR) is 116 cm³/mol. The molecule has 0 bridgehead atoms. The molecule has 2 aromatic carbocycles. The fraction of sp³-hybridized carbons (Fsp3) is 0.227. The Hall–Kier alpha value is -3.59. The molecule has 8 nitrogen and oxygen atoms in total. The first-order valence-electron chi connectivity index (χ1n) is 9.46. The van der Waals surface area contributed by atoms with E-state index in [0.29, 0.717) is 33.3 Å². The van der Waals surface area contributed by atoms with Crippen molar-refractivity contribution in [3.8, 4) is 22.1 Å². The number of carbonyl (C=O) groups excluding carboxylic acids is 1.